The fourth-order valence-corrected chi connectivity index (χ4v) is 3.29. The van der Waals surface area contributed by atoms with Gasteiger partial charge in [-0.05, 0) is 46.5 Å². The van der Waals surface area contributed by atoms with E-state index < -0.39 is 11.7 Å². The van der Waals surface area contributed by atoms with Crippen molar-refractivity contribution in [3.05, 3.63) is 0 Å². The van der Waals surface area contributed by atoms with Crippen molar-refractivity contribution in [2.45, 2.75) is 83.0 Å². The summed E-state index contributed by atoms with van der Waals surface area (Å²) in [6.45, 7) is 5.54. The molecule has 2 atom stereocenters. The Bertz CT molecular complexity index is 418. The lowest BCUT2D eigenvalue weighted by Crippen LogP contribution is -2.56. The van der Waals surface area contributed by atoms with Crippen molar-refractivity contribution in [1.82, 2.24) is 10.2 Å². The summed E-state index contributed by atoms with van der Waals surface area (Å²) >= 11 is 5.78. The van der Waals surface area contributed by atoms with Crippen LogP contribution in [-0.4, -0.2) is 46.5 Å². The number of carbonyl (C=O) groups is 2. The van der Waals surface area contributed by atoms with E-state index in [0.717, 1.165) is 38.5 Å². The van der Waals surface area contributed by atoms with Gasteiger partial charge in [0.25, 0.3) is 0 Å². The summed E-state index contributed by atoms with van der Waals surface area (Å²) in [7, 11) is 0. The zero-order chi connectivity index (χ0) is 16.3. The van der Waals surface area contributed by atoms with Crippen molar-refractivity contribution in [2.24, 2.45) is 0 Å². The van der Waals surface area contributed by atoms with Gasteiger partial charge in [-0.2, -0.15) is 0 Å². The van der Waals surface area contributed by atoms with Crippen LogP contribution in [0.5, 0.6) is 0 Å². The monoisotopic (exact) mass is 330 g/mol. The Labute approximate surface area is 137 Å². The van der Waals surface area contributed by atoms with Crippen molar-refractivity contribution in [1.29, 1.82) is 0 Å². The molecule has 2 unspecified atom stereocenters. The number of alkyl carbamates (subject to hydrolysis) is 1. The second kappa shape index (κ2) is 7.07. The Morgan fingerprint density at radius 3 is 2.36 bits per heavy atom. The number of rotatable bonds is 4. The molecule has 2 fully saturated rings. The summed E-state index contributed by atoms with van der Waals surface area (Å²) in [4.78, 5) is 26.2. The lowest BCUT2D eigenvalue weighted by atomic mass is 9.89. The first-order chi connectivity index (χ1) is 10.3. The number of carbonyl (C=O) groups excluding carboxylic acids is 2. The number of halogens is 1. The zero-order valence-electron chi connectivity index (χ0n) is 13.7. The molecule has 0 aromatic heterocycles. The predicted octanol–water partition coefficient (Wildman–Crippen LogP) is 3.05. The minimum Gasteiger partial charge on any atom is -0.444 e. The standard InChI is InChI=1S/C16H27ClN2O3/c1-16(2,3)22-15(21)18-12-6-4-5-7-13(12)19(11-8-9-11)14(20)10-17/h11-13H,4-10H2,1-3H3,(H,18,21). The van der Waals surface area contributed by atoms with Crippen LogP contribution in [0.1, 0.15) is 59.3 Å². The Morgan fingerprint density at radius 1 is 1.18 bits per heavy atom. The number of ether oxygens (including phenoxy) is 1. The maximum absolute atomic E-state index is 12.2. The summed E-state index contributed by atoms with van der Waals surface area (Å²) < 4.78 is 5.35. The first-order valence-corrected chi connectivity index (χ1v) is 8.72. The van der Waals surface area contributed by atoms with Crippen LogP contribution in [0.2, 0.25) is 0 Å². The third kappa shape index (κ3) is 4.77. The van der Waals surface area contributed by atoms with E-state index in [1.165, 1.54) is 0 Å². The highest BCUT2D eigenvalue weighted by Gasteiger charge is 2.41. The third-order valence-electron chi connectivity index (χ3n) is 4.13. The molecule has 2 amide bonds. The van der Waals surface area contributed by atoms with Gasteiger partial charge < -0.3 is 15.0 Å². The van der Waals surface area contributed by atoms with Crippen LogP contribution in [0.4, 0.5) is 4.79 Å². The molecule has 0 spiro atoms. The van der Waals surface area contributed by atoms with E-state index in [1.54, 1.807) is 0 Å². The Balaban J connectivity index is 2.03. The summed E-state index contributed by atoms with van der Waals surface area (Å²) in [5.74, 6) is -0.0151. The predicted molar refractivity (Wildman–Crippen MR) is 86.0 cm³/mol. The van der Waals surface area contributed by atoms with Gasteiger partial charge in [-0.1, -0.05) is 12.8 Å². The summed E-state index contributed by atoms with van der Waals surface area (Å²) in [5.41, 5.74) is -0.517. The molecule has 2 saturated carbocycles. The van der Waals surface area contributed by atoms with Gasteiger partial charge in [-0.25, -0.2) is 4.79 Å². The third-order valence-corrected chi connectivity index (χ3v) is 4.36. The highest BCUT2D eigenvalue weighted by Crippen LogP contribution is 2.34. The van der Waals surface area contributed by atoms with Gasteiger partial charge in [0, 0.05) is 6.04 Å². The average Bonchev–Trinajstić information content (AvgIpc) is 3.23. The van der Waals surface area contributed by atoms with Gasteiger partial charge in [-0.3, -0.25) is 4.79 Å². The van der Waals surface area contributed by atoms with Crippen LogP contribution in [0.3, 0.4) is 0 Å². The smallest absolute Gasteiger partial charge is 0.407 e. The molecule has 0 radical (unpaired) electrons. The number of amides is 2. The van der Waals surface area contributed by atoms with Gasteiger partial charge in [0.15, 0.2) is 0 Å². The minimum atomic E-state index is -0.517. The Morgan fingerprint density at radius 2 is 1.82 bits per heavy atom. The molecular formula is C16H27ClN2O3. The number of nitrogens with one attached hydrogen (secondary N) is 1. The Hall–Kier alpha value is -0.970. The van der Waals surface area contributed by atoms with Crippen LogP contribution >= 0.6 is 11.6 Å². The second-order valence-electron chi connectivity index (χ2n) is 7.27. The topological polar surface area (TPSA) is 58.6 Å². The number of nitrogens with zero attached hydrogens (tertiary/aromatic N) is 1. The van der Waals surface area contributed by atoms with E-state index in [4.69, 9.17) is 16.3 Å². The average molecular weight is 331 g/mol. The van der Waals surface area contributed by atoms with Crippen molar-refractivity contribution in [2.75, 3.05) is 5.88 Å². The van der Waals surface area contributed by atoms with Gasteiger partial charge in [0.2, 0.25) is 5.91 Å². The van der Waals surface area contributed by atoms with E-state index >= 15 is 0 Å². The largest absolute Gasteiger partial charge is 0.444 e. The molecule has 1 N–H and O–H groups in total. The van der Waals surface area contributed by atoms with E-state index in [1.807, 2.05) is 25.7 Å². The first kappa shape index (κ1) is 17.4. The normalized spacial score (nSPS) is 25.5. The molecular weight excluding hydrogens is 304 g/mol. The summed E-state index contributed by atoms with van der Waals surface area (Å²) in [6.07, 6.45) is 5.61. The zero-order valence-corrected chi connectivity index (χ0v) is 14.5. The quantitative estimate of drug-likeness (QED) is 0.806. The van der Waals surface area contributed by atoms with Gasteiger partial charge in [0.1, 0.15) is 11.5 Å². The van der Waals surface area contributed by atoms with Crippen molar-refractivity contribution in [3.8, 4) is 0 Å². The molecule has 0 aromatic carbocycles. The molecule has 0 aliphatic heterocycles. The van der Waals surface area contributed by atoms with Crippen LogP contribution in [0, 0.1) is 0 Å². The molecule has 2 aliphatic carbocycles. The van der Waals surface area contributed by atoms with Gasteiger partial charge in [0.05, 0.1) is 12.1 Å². The Kier molecular flexibility index (Phi) is 5.59. The highest BCUT2D eigenvalue weighted by molar-refractivity contribution is 6.27. The lowest BCUT2D eigenvalue weighted by molar-refractivity contribution is -0.132. The van der Waals surface area contributed by atoms with Crippen molar-refractivity contribution in [3.63, 3.8) is 0 Å². The molecule has 22 heavy (non-hydrogen) atoms. The maximum Gasteiger partial charge on any atom is 0.407 e. The maximum atomic E-state index is 12.2. The van der Waals surface area contributed by atoms with Gasteiger partial charge >= 0.3 is 6.09 Å². The van der Waals surface area contributed by atoms with Crippen molar-refractivity contribution >= 4 is 23.6 Å². The molecule has 2 aliphatic rings. The molecule has 0 heterocycles. The molecule has 0 bridgehead atoms. The fourth-order valence-electron chi connectivity index (χ4n) is 3.15. The van der Waals surface area contributed by atoms with Crippen LogP contribution in [-0.2, 0) is 9.53 Å². The van der Waals surface area contributed by atoms with Crippen LogP contribution < -0.4 is 5.32 Å². The van der Waals surface area contributed by atoms with E-state index in [0.29, 0.717) is 6.04 Å². The highest BCUT2D eigenvalue weighted by atomic mass is 35.5. The molecule has 6 heteroatoms. The summed E-state index contributed by atoms with van der Waals surface area (Å²) in [6, 6.07) is 0.300. The van der Waals surface area contributed by atoms with E-state index in [9.17, 15) is 9.59 Å². The van der Waals surface area contributed by atoms with Crippen molar-refractivity contribution < 1.29 is 14.3 Å². The molecule has 0 saturated heterocycles. The number of alkyl halides is 1. The molecule has 126 valence electrons. The number of hydrogen-bond acceptors (Lipinski definition) is 3. The molecule has 5 nitrogen and oxygen atoms in total. The first-order valence-electron chi connectivity index (χ1n) is 8.18. The second-order valence-corrected chi connectivity index (χ2v) is 7.54. The SMILES string of the molecule is CC(C)(C)OC(=O)NC1CCCCC1N(C(=O)CCl)C1CC1. The molecule has 2 rings (SSSR count). The van der Waals surface area contributed by atoms with Crippen LogP contribution in [0.25, 0.3) is 0 Å². The summed E-state index contributed by atoms with van der Waals surface area (Å²) in [5, 5.41) is 2.97. The van der Waals surface area contributed by atoms with Gasteiger partial charge in [-0.15, -0.1) is 11.6 Å². The van der Waals surface area contributed by atoms with E-state index in [2.05, 4.69) is 5.32 Å². The lowest BCUT2D eigenvalue weighted by Gasteiger charge is -2.40. The van der Waals surface area contributed by atoms with E-state index in [-0.39, 0.29) is 23.9 Å². The molecule has 0 aromatic rings. The minimum absolute atomic E-state index is 0.00611. The number of hydrogen-bond donors (Lipinski definition) is 1. The van der Waals surface area contributed by atoms with Crippen LogP contribution in [0.15, 0.2) is 0 Å². The fraction of sp³-hybridized carbons (Fsp3) is 0.875.